The van der Waals surface area contributed by atoms with Crippen LogP contribution in [0.25, 0.3) is 0 Å². The molecular formula is C16H26N2. The Bertz CT molecular complexity index is 396. The van der Waals surface area contributed by atoms with E-state index in [9.17, 15) is 0 Å². The van der Waals surface area contributed by atoms with Gasteiger partial charge in [-0.05, 0) is 50.8 Å². The van der Waals surface area contributed by atoms with Gasteiger partial charge in [0.15, 0.2) is 0 Å². The zero-order valence-corrected chi connectivity index (χ0v) is 12.2. The summed E-state index contributed by atoms with van der Waals surface area (Å²) < 4.78 is 0. The topological polar surface area (TPSA) is 15.3 Å². The maximum atomic E-state index is 3.63. The van der Waals surface area contributed by atoms with Crippen molar-refractivity contribution in [3.05, 3.63) is 29.3 Å². The van der Waals surface area contributed by atoms with E-state index in [-0.39, 0.29) is 0 Å². The summed E-state index contributed by atoms with van der Waals surface area (Å²) in [5.74, 6) is 0.901. The third kappa shape index (κ3) is 3.26. The highest BCUT2D eigenvalue weighted by Crippen LogP contribution is 2.33. The predicted molar refractivity (Wildman–Crippen MR) is 79.4 cm³/mol. The highest BCUT2D eigenvalue weighted by Gasteiger charge is 2.31. The van der Waals surface area contributed by atoms with Crippen molar-refractivity contribution in [1.82, 2.24) is 5.32 Å². The lowest BCUT2D eigenvalue weighted by molar-refractivity contribution is 0.475. The van der Waals surface area contributed by atoms with E-state index < -0.39 is 0 Å². The van der Waals surface area contributed by atoms with Gasteiger partial charge >= 0.3 is 0 Å². The number of benzene rings is 1. The summed E-state index contributed by atoms with van der Waals surface area (Å²) in [4.78, 5) is 2.40. The summed E-state index contributed by atoms with van der Waals surface area (Å²) >= 11 is 0. The summed E-state index contributed by atoms with van der Waals surface area (Å²) in [6.45, 7) is 8.75. The molecule has 0 radical (unpaired) electrons. The van der Waals surface area contributed by atoms with Crippen LogP contribution in [0.2, 0.25) is 0 Å². The predicted octanol–water partition coefficient (Wildman–Crippen LogP) is 3.13. The Morgan fingerprint density at radius 2 is 2.06 bits per heavy atom. The zero-order valence-electron chi connectivity index (χ0n) is 12.2. The molecule has 100 valence electrons. The average Bonchev–Trinajstić information content (AvgIpc) is 3.11. The summed E-state index contributed by atoms with van der Waals surface area (Å²) in [5.41, 5.74) is 4.09. The summed E-state index contributed by atoms with van der Waals surface area (Å²) in [5, 5.41) is 3.63. The molecule has 1 unspecified atom stereocenters. The molecule has 0 bridgehead atoms. The lowest BCUT2D eigenvalue weighted by Gasteiger charge is -2.27. The van der Waals surface area contributed by atoms with Crippen LogP contribution in [0.4, 0.5) is 5.69 Å². The third-order valence-electron chi connectivity index (χ3n) is 3.89. The smallest absolute Gasteiger partial charge is 0.0394 e. The van der Waals surface area contributed by atoms with Crippen molar-refractivity contribution in [1.29, 1.82) is 0 Å². The van der Waals surface area contributed by atoms with Crippen LogP contribution in [-0.4, -0.2) is 26.2 Å². The minimum absolute atomic E-state index is 0.653. The Kier molecular flexibility index (Phi) is 4.28. The van der Waals surface area contributed by atoms with Crippen molar-refractivity contribution in [3.8, 4) is 0 Å². The normalized spacial score (nSPS) is 16.7. The van der Waals surface area contributed by atoms with Gasteiger partial charge in [-0.1, -0.05) is 24.6 Å². The molecule has 2 heteroatoms. The van der Waals surface area contributed by atoms with Gasteiger partial charge in [0.1, 0.15) is 0 Å². The standard InChI is InChI=1S/C16H26N2/c1-5-17-15(14-7-8-14)11-18(4)16-9-6-12(2)10-13(16)3/h6,9-10,14-15,17H,5,7-8,11H2,1-4H3. The van der Waals surface area contributed by atoms with Crippen LogP contribution in [0.3, 0.4) is 0 Å². The first kappa shape index (κ1) is 13.4. The van der Waals surface area contributed by atoms with Crippen LogP contribution in [-0.2, 0) is 0 Å². The van der Waals surface area contributed by atoms with Crippen LogP contribution in [0.5, 0.6) is 0 Å². The fourth-order valence-corrected chi connectivity index (χ4v) is 2.77. The maximum Gasteiger partial charge on any atom is 0.0394 e. The second-order valence-corrected chi connectivity index (χ2v) is 5.67. The Labute approximate surface area is 111 Å². The summed E-state index contributed by atoms with van der Waals surface area (Å²) in [6, 6.07) is 7.38. The van der Waals surface area contributed by atoms with Gasteiger partial charge in [-0.2, -0.15) is 0 Å². The Morgan fingerprint density at radius 3 is 2.61 bits per heavy atom. The SMILES string of the molecule is CCNC(CN(C)c1ccc(C)cc1C)C1CC1. The summed E-state index contributed by atoms with van der Waals surface area (Å²) in [6.07, 6.45) is 2.80. The fraction of sp³-hybridized carbons (Fsp3) is 0.625. The average molecular weight is 246 g/mol. The zero-order chi connectivity index (χ0) is 13.1. The van der Waals surface area contributed by atoms with Gasteiger partial charge in [0.05, 0.1) is 0 Å². The molecule has 1 N–H and O–H groups in total. The first-order valence-corrected chi connectivity index (χ1v) is 7.13. The van der Waals surface area contributed by atoms with Gasteiger partial charge in [0.2, 0.25) is 0 Å². The molecular weight excluding hydrogens is 220 g/mol. The van der Waals surface area contributed by atoms with E-state index in [0.717, 1.165) is 19.0 Å². The molecule has 0 amide bonds. The van der Waals surface area contributed by atoms with Crippen molar-refractivity contribution in [3.63, 3.8) is 0 Å². The van der Waals surface area contributed by atoms with Crippen LogP contribution in [0, 0.1) is 19.8 Å². The lowest BCUT2D eigenvalue weighted by Crippen LogP contribution is -2.41. The number of rotatable bonds is 6. The molecule has 1 aliphatic rings. The van der Waals surface area contributed by atoms with Crippen LogP contribution in [0.1, 0.15) is 30.9 Å². The minimum Gasteiger partial charge on any atom is -0.373 e. The maximum absolute atomic E-state index is 3.63. The Balaban J connectivity index is 2.03. The molecule has 1 saturated carbocycles. The van der Waals surface area contributed by atoms with E-state index in [4.69, 9.17) is 0 Å². The van der Waals surface area contributed by atoms with Gasteiger partial charge < -0.3 is 10.2 Å². The highest BCUT2D eigenvalue weighted by atomic mass is 15.1. The van der Waals surface area contributed by atoms with E-state index in [1.807, 2.05) is 0 Å². The van der Waals surface area contributed by atoms with E-state index in [0.29, 0.717) is 6.04 Å². The van der Waals surface area contributed by atoms with Crippen molar-refractivity contribution in [2.45, 2.75) is 39.7 Å². The van der Waals surface area contributed by atoms with Gasteiger partial charge in [-0.25, -0.2) is 0 Å². The number of hydrogen-bond donors (Lipinski definition) is 1. The molecule has 2 nitrogen and oxygen atoms in total. The second kappa shape index (κ2) is 5.75. The molecule has 0 aliphatic heterocycles. The monoisotopic (exact) mass is 246 g/mol. The van der Waals surface area contributed by atoms with Crippen LogP contribution < -0.4 is 10.2 Å². The molecule has 2 rings (SSSR count). The highest BCUT2D eigenvalue weighted by molar-refractivity contribution is 5.53. The van der Waals surface area contributed by atoms with Crippen molar-refractivity contribution >= 4 is 5.69 Å². The molecule has 0 heterocycles. The number of aryl methyl sites for hydroxylation is 2. The number of hydrogen-bond acceptors (Lipinski definition) is 2. The molecule has 18 heavy (non-hydrogen) atoms. The molecule has 1 atom stereocenters. The molecule has 1 aromatic rings. The first-order chi connectivity index (χ1) is 8.61. The van der Waals surface area contributed by atoms with Gasteiger partial charge in [0, 0.05) is 25.3 Å². The lowest BCUT2D eigenvalue weighted by atomic mass is 10.1. The molecule has 0 saturated heterocycles. The van der Waals surface area contributed by atoms with E-state index >= 15 is 0 Å². The fourth-order valence-electron chi connectivity index (χ4n) is 2.77. The first-order valence-electron chi connectivity index (χ1n) is 7.13. The van der Waals surface area contributed by atoms with E-state index in [2.05, 4.69) is 56.2 Å². The number of nitrogens with zero attached hydrogens (tertiary/aromatic N) is 1. The molecule has 1 fully saturated rings. The summed E-state index contributed by atoms with van der Waals surface area (Å²) in [7, 11) is 2.21. The largest absolute Gasteiger partial charge is 0.373 e. The van der Waals surface area contributed by atoms with E-state index in [1.165, 1.54) is 29.7 Å². The Hall–Kier alpha value is -1.02. The number of anilines is 1. The van der Waals surface area contributed by atoms with Gasteiger partial charge in [0.25, 0.3) is 0 Å². The molecule has 1 aromatic carbocycles. The van der Waals surface area contributed by atoms with Crippen molar-refractivity contribution in [2.75, 3.05) is 25.0 Å². The van der Waals surface area contributed by atoms with E-state index in [1.54, 1.807) is 0 Å². The minimum atomic E-state index is 0.653. The van der Waals surface area contributed by atoms with Gasteiger partial charge in [-0.15, -0.1) is 0 Å². The van der Waals surface area contributed by atoms with Crippen molar-refractivity contribution in [2.24, 2.45) is 5.92 Å². The molecule has 1 aliphatic carbocycles. The molecule has 0 aromatic heterocycles. The molecule has 0 spiro atoms. The van der Waals surface area contributed by atoms with Crippen molar-refractivity contribution < 1.29 is 0 Å². The number of likely N-dealkylation sites (N-methyl/N-ethyl adjacent to an activating group) is 2. The third-order valence-corrected chi connectivity index (χ3v) is 3.89. The van der Waals surface area contributed by atoms with Crippen LogP contribution >= 0.6 is 0 Å². The van der Waals surface area contributed by atoms with Crippen LogP contribution in [0.15, 0.2) is 18.2 Å². The second-order valence-electron chi connectivity index (χ2n) is 5.67. The number of nitrogens with one attached hydrogen (secondary N) is 1. The quantitative estimate of drug-likeness (QED) is 0.829. The Morgan fingerprint density at radius 1 is 1.33 bits per heavy atom. The van der Waals surface area contributed by atoms with Gasteiger partial charge in [-0.3, -0.25) is 0 Å².